The first-order valence-electron chi connectivity index (χ1n) is 7.10. The summed E-state index contributed by atoms with van der Waals surface area (Å²) >= 11 is 6.07. The van der Waals surface area contributed by atoms with Gasteiger partial charge in [-0.2, -0.15) is 13.2 Å². The Kier molecular flexibility index (Phi) is 6.60. The van der Waals surface area contributed by atoms with Gasteiger partial charge in [-0.3, -0.25) is 9.78 Å². The van der Waals surface area contributed by atoms with E-state index in [-0.39, 0.29) is 11.6 Å². The number of rotatable bonds is 7. The molecule has 1 amide bonds. The van der Waals surface area contributed by atoms with Crippen LogP contribution in [0.5, 0.6) is 5.75 Å². The lowest BCUT2D eigenvalue weighted by molar-refractivity contribution is -0.174. The van der Waals surface area contributed by atoms with Gasteiger partial charge in [0.05, 0.1) is 10.7 Å². The van der Waals surface area contributed by atoms with E-state index >= 15 is 0 Å². The van der Waals surface area contributed by atoms with Gasteiger partial charge >= 0.3 is 6.18 Å². The largest absolute Gasteiger partial charge is 0.486 e. The Morgan fingerprint density at radius 3 is 2.68 bits per heavy atom. The molecule has 2 rings (SSSR count). The fourth-order valence-electron chi connectivity index (χ4n) is 1.79. The Morgan fingerprint density at radius 1 is 1.24 bits per heavy atom. The van der Waals surface area contributed by atoms with Crippen molar-refractivity contribution >= 4 is 23.2 Å². The Morgan fingerprint density at radius 2 is 2.04 bits per heavy atom. The molecule has 0 atom stereocenters. The van der Waals surface area contributed by atoms with Crippen molar-refractivity contribution in [2.24, 2.45) is 0 Å². The number of benzene rings is 1. The highest BCUT2D eigenvalue weighted by Gasteiger charge is 2.27. The van der Waals surface area contributed by atoms with E-state index in [1.54, 1.807) is 18.3 Å². The summed E-state index contributed by atoms with van der Waals surface area (Å²) in [6, 6.07) is 9.89. The SMILES string of the molecule is O=C(COCC(F)(F)F)Nc1ccc(OCc2ccccn2)c(Cl)c1. The Bertz CT molecular complexity index is 712. The van der Waals surface area contributed by atoms with Gasteiger partial charge in [-0.1, -0.05) is 17.7 Å². The number of aromatic nitrogens is 1. The summed E-state index contributed by atoms with van der Waals surface area (Å²) in [6.07, 6.45) is -2.84. The molecule has 1 aromatic heterocycles. The minimum Gasteiger partial charge on any atom is -0.486 e. The fourth-order valence-corrected chi connectivity index (χ4v) is 2.02. The summed E-state index contributed by atoms with van der Waals surface area (Å²) in [5, 5.41) is 2.63. The van der Waals surface area contributed by atoms with Crippen LogP contribution in [0.15, 0.2) is 42.6 Å². The maximum atomic E-state index is 11.9. The van der Waals surface area contributed by atoms with E-state index in [4.69, 9.17) is 16.3 Å². The smallest absolute Gasteiger partial charge is 0.411 e. The molecule has 0 saturated heterocycles. The van der Waals surface area contributed by atoms with Crippen LogP contribution < -0.4 is 10.1 Å². The highest BCUT2D eigenvalue weighted by molar-refractivity contribution is 6.32. The van der Waals surface area contributed by atoms with Crippen molar-refractivity contribution in [3.8, 4) is 5.75 Å². The molecule has 5 nitrogen and oxygen atoms in total. The predicted molar refractivity (Wildman–Crippen MR) is 85.5 cm³/mol. The molecule has 0 fully saturated rings. The van der Waals surface area contributed by atoms with Crippen LogP contribution in [0.1, 0.15) is 5.69 Å². The van der Waals surface area contributed by atoms with Crippen molar-refractivity contribution in [3.05, 3.63) is 53.3 Å². The first-order valence-corrected chi connectivity index (χ1v) is 7.48. The number of hydrogen-bond donors (Lipinski definition) is 1. The molecular weight excluding hydrogens is 361 g/mol. The third-order valence-corrected chi connectivity index (χ3v) is 3.11. The van der Waals surface area contributed by atoms with Crippen LogP contribution in [-0.2, 0) is 16.1 Å². The predicted octanol–water partition coefficient (Wildman–Crippen LogP) is 3.83. The molecule has 0 bridgehead atoms. The maximum absolute atomic E-state index is 11.9. The zero-order valence-corrected chi connectivity index (χ0v) is 13.6. The first kappa shape index (κ1) is 19.0. The Balaban J connectivity index is 1.85. The monoisotopic (exact) mass is 374 g/mol. The second kappa shape index (κ2) is 8.68. The number of amides is 1. The van der Waals surface area contributed by atoms with Gasteiger partial charge < -0.3 is 14.8 Å². The third kappa shape index (κ3) is 6.98. The van der Waals surface area contributed by atoms with Gasteiger partial charge in [-0.15, -0.1) is 0 Å². The molecule has 1 heterocycles. The summed E-state index contributed by atoms with van der Waals surface area (Å²) < 4.78 is 45.6. The molecule has 25 heavy (non-hydrogen) atoms. The number of pyridine rings is 1. The number of anilines is 1. The average Bonchev–Trinajstić information content (AvgIpc) is 2.54. The van der Waals surface area contributed by atoms with Gasteiger partial charge in [0.15, 0.2) is 0 Å². The first-order chi connectivity index (χ1) is 11.8. The number of alkyl halides is 3. The van der Waals surface area contributed by atoms with E-state index in [1.165, 1.54) is 18.2 Å². The lowest BCUT2D eigenvalue weighted by Crippen LogP contribution is -2.23. The summed E-state index contributed by atoms with van der Waals surface area (Å²) in [4.78, 5) is 15.6. The van der Waals surface area contributed by atoms with Crippen molar-refractivity contribution in [1.29, 1.82) is 0 Å². The summed E-state index contributed by atoms with van der Waals surface area (Å²) in [7, 11) is 0. The van der Waals surface area contributed by atoms with E-state index in [2.05, 4.69) is 15.0 Å². The topological polar surface area (TPSA) is 60.5 Å². The van der Waals surface area contributed by atoms with Crippen LogP contribution in [0.3, 0.4) is 0 Å². The molecule has 0 aliphatic rings. The summed E-state index contributed by atoms with van der Waals surface area (Å²) in [5.41, 5.74) is 1.04. The Labute approximate surface area is 146 Å². The average molecular weight is 375 g/mol. The Hall–Kier alpha value is -2.32. The lowest BCUT2D eigenvalue weighted by atomic mass is 10.3. The number of nitrogens with one attached hydrogen (secondary N) is 1. The van der Waals surface area contributed by atoms with E-state index in [0.29, 0.717) is 11.4 Å². The molecule has 0 aliphatic heterocycles. The molecule has 134 valence electrons. The van der Waals surface area contributed by atoms with Gasteiger partial charge in [-0.25, -0.2) is 0 Å². The number of ether oxygens (including phenoxy) is 2. The minimum absolute atomic E-state index is 0.220. The molecule has 1 aromatic carbocycles. The van der Waals surface area contributed by atoms with Crippen LogP contribution >= 0.6 is 11.6 Å². The zero-order valence-electron chi connectivity index (χ0n) is 12.8. The molecule has 0 aliphatic carbocycles. The minimum atomic E-state index is -4.48. The summed E-state index contributed by atoms with van der Waals surface area (Å²) in [5.74, 6) is -0.332. The van der Waals surface area contributed by atoms with Crippen molar-refractivity contribution in [2.75, 3.05) is 18.5 Å². The molecule has 2 aromatic rings. The number of nitrogens with zero attached hydrogens (tertiary/aromatic N) is 1. The molecule has 1 N–H and O–H groups in total. The summed E-state index contributed by atoms with van der Waals surface area (Å²) in [6.45, 7) is -1.98. The standard InChI is InChI=1S/C16H14ClF3N2O3/c17-13-7-11(22-15(23)9-24-10-16(18,19)20)4-5-14(13)25-8-12-3-1-2-6-21-12/h1-7H,8-10H2,(H,22,23). The maximum Gasteiger partial charge on any atom is 0.411 e. The van der Waals surface area contributed by atoms with E-state index < -0.39 is 25.3 Å². The highest BCUT2D eigenvalue weighted by atomic mass is 35.5. The highest BCUT2D eigenvalue weighted by Crippen LogP contribution is 2.28. The number of carbonyl (C=O) groups is 1. The molecule has 0 radical (unpaired) electrons. The van der Waals surface area contributed by atoms with Crippen LogP contribution in [0.4, 0.5) is 18.9 Å². The molecule has 0 spiro atoms. The van der Waals surface area contributed by atoms with Crippen molar-refractivity contribution in [1.82, 2.24) is 4.98 Å². The van der Waals surface area contributed by atoms with E-state index in [9.17, 15) is 18.0 Å². The second-order valence-corrected chi connectivity index (χ2v) is 5.32. The number of carbonyl (C=O) groups excluding carboxylic acids is 1. The van der Waals surface area contributed by atoms with Gasteiger partial charge in [-0.05, 0) is 30.3 Å². The van der Waals surface area contributed by atoms with Gasteiger partial charge in [0.1, 0.15) is 25.6 Å². The van der Waals surface area contributed by atoms with Crippen LogP contribution in [0, 0.1) is 0 Å². The molecule has 0 unspecified atom stereocenters. The van der Waals surface area contributed by atoms with Crippen LogP contribution in [0.25, 0.3) is 0 Å². The number of hydrogen-bond acceptors (Lipinski definition) is 4. The van der Waals surface area contributed by atoms with Gasteiger partial charge in [0, 0.05) is 11.9 Å². The molecular formula is C16H14ClF3N2O3. The van der Waals surface area contributed by atoms with Gasteiger partial charge in [0.25, 0.3) is 0 Å². The quantitative estimate of drug-likeness (QED) is 0.800. The van der Waals surface area contributed by atoms with E-state index in [1.807, 2.05) is 6.07 Å². The second-order valence-electron chi connectivity index (χ2n) is 4.91. The molecule has 0 saturated carbocycles. The van der Waals surface area contributed by atoms with Gasteiger partial charge in [0.2, 0.25) is 5.91 Å². The van der Waals surface area contributed by atoms with Crippen LogP contribution in [-0.4, -0.2) is 30.3 Å². The van der Waals surface area contributed by atoms with Crippen LogP contribution in [0.2, 0.25) is 5.02 Å². The van der Waals surface area contributed by atoms with Crippen molar-refractivity contribution < 1.29 is 27.4 Å². The van der Waals surface area contributed by atoms with E-state index in [0.717, 1.165) is 5.69 Å². The fraction of sp³-hybridized carbons (Fsp3) is 0.250. The lowest BCUT2D eigenvalue weighted by Gasteiger charge is -2.11. The van der Waals surface area contributed by atoms with Crippen molar-refractivity contribution in [3.63, 3.8) is 0 Å². The third-order valence-electron chi connectivity index (χ3n) is 2.82. The molecule has 9 heteroatoms. The zero-order chi connectivity index (χ0) is 18.3. The number of halogens is 4. The van der Waals surface area contributed by atoms with Crippen molar-refractivity contribution in [2.45, 2.75) is 12.8 Å². The normalized spacial score (nSPS) is 11.2.